The van der Waals surface area contributed by atoms with E-state index in [1.807, 2.05) is 32.9 Å². The van der Waals surface area contributed by atoms with Crippen molar-refractivity contribution in [3.8, 4) is 0 Å². The molecule has 0 bridgehead atoms. The van der Waals surface area contributed by atoms with E-state index in [1.54, 1.807) is 17.8 Å². The minimum absolute atomic E-state index is 0.107. The van der Waals surface area contributed by atoms with E-state index in [1.165, 1.54) is 0 Å². The van der Waals surface area contributed by atoms with Crippen LogP contribution in [0.1, 0.15) is 32.4 Å². The van der Waals surface area contributed by atoms with Gasteiger partial charge in [0.05, 0.1) is 0 Å². The maximum atomic E-state index is 13.6. The van der Waals surface area contributed by atoms with Crippen molar-refractivity contribution in [2.24, 2.45) is 0 Å². The second kappa shape index (κ2) is 6.13. The Morgan fingerprint density at radius 1 is 1.40 bits per heavy atom. The molecular weight excluding hydrogens is 209 g/mol. The topological polar surface area (TPSA) is 12.0 Å². The fourth-order valence-electron chi connectivity index (χ4n) is 1.48. The van der Waals surface area contributed by atoms with E-state index in [0.717, 1.165) is 22.8 Å². The van der Waals surface area contributed by atoms with E-state index in [2.05, 4.69) is 5.32 Å². The fourth-order valence-corrected chi connectivity index (χ4v) is 2.16. The van der Waals surface area contributed by atoms with Crippen molar-refractivity contribution in [2.75, 3.05) is 12.3 Å². The van der Waals surface area contributed by atoms with E-state index in [0.29, 0.717) is 0 Å². The van der Waals surface area contributed by atoms with Gasteiger partial charge in [0.25, 0.3) is 0 Å². The van der Waals surface area contributed by atoms with Crippen LogP contribution in [0.15, 0.2) is 23.1 Å². The highest BCUT2D eigenvalue weighted by Gasteiger charge is 2.07. The third kappa shape index (κ3) is 3.50. The van der Waals surface area contributed by atoms with E-state index in [4.69, 9.17) is 0 Å². The van der Waals surface area contributed by atoms with Gasteiger partial charge < -0.3 is 5.32 Å². The Hall–Kier alpha value is -0.540. The maximum Gasteiger partial charge on any atom is 0.137 e. The number of rotatable bonds is 5. The molecular formula is C12H18FNS. The molecule has 1 unspecified atom stereocenters. The van der Waals surface area contributed by atoms with E-state index in [9.17, 15) is 4.39 Å². The van der Waals surface area contributed by atoms with Crippen molar-refractivity contribution in [1.82, 2.24) is 5.32 Å². The van der Waals surface area contributed by atoms with Crippen LogP contribution in [0.5, 0.6) is 0 Å². The van der Waals surface area contributed by atoms with E-state index >= 15 is 0 Å². The zero-order chi connectivity index (χ0) is 11.3. The van der Waals surface area contributed by atoms with Crippen LogP contribution in [0.4, 0.5) is 4.39 Å². The van der Waals surface area contributed by atoms with Gasteiger partial charge in [-0.3, -0.25) is 0 Å². The molecule has 0 aliphatic rings. The Morgan fingerprint density at radius 3 is 2.67 bits per heavy atom. The molecule has 0 radical (unpaired) electrons. The first-order chi connectivity index (χ1) is 7.19. The molecule has 3 heteroatoms. The van der Waals surface area contributed by atoms with Crippen LogP contribution in [0.2, 0.25) is 0 Å². The minimum atomic E-state index is -0.107. The van der Waals surface area contributed by atoms with Crippen LogP contribution >= 0.6 is 11.8 Å². The normalized spacial score (nSPS) is 12.8. The summed E-state index contributed by atoms with van der Waals surface area (Å²) in [5.41, 5.74) is 1.01. The molecule has 1 rings (SSSR count). The molecule has 1 N–H and O–H groups in total. The van der Waals surface area contributed by atoms with Gasteiger partial charge in [-0.1, -0.05) is 19.9 Å². The lowest BCUT2D eigenvalue weighted by atomic mass is 10.1. The summed E-state index contributed by atoms with van der Waals surface area (Å²) >= 11 is 1.54. The molecule has 15 heavy (non-hydrogen) atoms. The summed E-state index contributed by atoms with van der Waals surface area (Å²) in [4.78, 5) is 0.741. The van der Waals surface area contributed by atoms with Crippen molar-refractivity contribution in [3.63, 3.8) is 0 Å². The SMILES string of the molecule is CCNC(C)c1ccc(SCC)c(F)c1. The van der Waals surface area contributed by atoms with Crippen LogP contribution in [0.25, 0.3) is 0 Å². The zero-order valence-electron chi connectivity index (χ0n) is 9.51. The lowest BCUT2D eigenvalue weighted by Gasteiger charge is -2.13. The van der Waals surface area contributed by atoms with Gasteiger partial charge in [0.1, 0.15) is 5.82 Å². The zero-order valence-corrected chi connectivity index (χ0v) is 10.3. The molecule has 0 spiro atoms. The quantitative estimate of drug-likeness (QED) is 0.771. The molecule has 84 valence electrons. The number of halogens is 1. The summed E-state index contributed by atoms with van der Waals surface area (Å²) in [5.74, 6) is 0.795. The minimum Gasteiger partial charge on any atom is -0.310 e. The maximum absolute atomic E-state index is 13.6. The Morgan fingerprint density at radius 2 is 2.13 bits per heavy atom. The van der Waals surface area contributed by atoms with Gasteiger partial charge in [0.15, 0.2) is 0 Å². The Labute approximate surface area is 95.5 Å². The highest BCUT2D eigenvalue weighted by atomic mass is 32.2. The van der Waals surface area contributed by atoms with Gasteiger partial charge in [-0.05, 0) is 36.9 Å². The molecule has 1 nitrogen and oxygen atoms in total. The predicted molar refractivity (Wildman–Crippen MR) is 64.9 cm³/mol. The number of benzene rings is 1. The summed E-state index contributed by atoms with van der Waals surface area (Å²) in [6, 6.07) is 5.71. The second-order valence-corrected chi connectivity index (χ2v) is 4.71. The highest BCUT2D eigenvalue weighted by Crippen LogP contribution is 2.24. The predicted octanol–water partition coefficient (Wildman–Crippen LogP) is 3.61. The molecule has 0 amide bonds. The van der Waals surface area contributed by atoms with Crippen LogP contribution in [-0.2, 0) is 0 Å². The molecule has 1 aromatic rings. The van der Waals surface area contributed by atoms with Gasteiger partial charge in [0, 0.05) is 10.9 Å². The summed E-state index contributed by atoms with van der Waals surface area (Å²) < 4.78 is 13.6. The first kappa shape index (κ1) is 12.5. The lowest BCUT2D eigenvalue weighted by molar-refractivity contribution is 0.572. The molecule has 0 fully saturated rings. The number of nitrogens with one attached hydrogen (secondary N) is 1. The lowest BCUT2D eigenvalue weighted by Crippen LogP contribution is -2.17. The summed E-state index contributed by atoms with van der Waals surface area (Å²) in [7, 11) is 0. The highest BCUT2D eigenvalue weighted by molar-refractivity contribution is 7.99. The fraction of sp³-hybridized carbons (Fsp3) is 0.500. The molecule has 0 heterocycles. The van der Waals surface area contributed by atoms with Crippen molar-refractivity contribution >= 4 is 11.8 Å². The molecule has 0 aliphatic heterocycles. The van der Waals surface area contributed by atoms with E-state index < -0.39 is 0 Å². The molecule has 0 saturated heterocycles. The van der Waals surface area contributed by atoms with Crippen LogP contribution in [0.3, 0.4) is 0 Å². The summed E-state index contributed by atoms with van der Waals surface area (Å²) in [6.45, 7) is 7.02. The van der Waals surface area contributed by atoms with Crippen molar-refractivity contribution in [3.05, 3.63) is 29.6 Å². The third-order valence-corrected chi connectivity index (χ3v) is 3.20. The average molecular weight is 227 g/mol. The first-order valence-electron chi connectivity index (χ1n) is 5.34. The van der Waals surface area contributed by atoms with Crippen LogP contribution < -0.4 is 5.32 Å². The van der Waals surface area contributed by atoms with E-state index in [-0.39, 0.29) is 11.9 Å². The Balaban J connectivity index is 2.81. The number of hydrogen-bond acceptors (Lipinski definition) is 2. The van der Waals surface area contributed by atoms with Gasteiger partial charge in [-0.2, -0.15) is 0 Å². The Bertz CT molecular complexity index is 314. The van der Waals surface area contributed by atoms with Gasteiger partial charge in [-0.25, -0.2) is 4.39 Å². The second-order valence-electron chi connectivity index (χ2n) is 3.40. The van der Waals surface area contributed by atoms with Crippen molar-refractivity contribution < 1.29 is 4.39 Å². The Kier molecular flexibility index (Phi) is 5.12. The van der Waals surface area contributed by atoms with Crippen LogP contribution in [0, 0.1) is 5.82 Å². The molecule has 0 aromatic heterocycles. The van der Waals surface area contributed by atoms with Gasteiger partial charge >= 0.3 is 0 Å². The van der Waals surface area contributed by atoms with Crippen molar-refractivity contribution in [1.29, 1.82) is 0 Å². The molecule has 1 atom stereocenters. The monoisotopic (exact) mass is 227 g/mol. The smallest absolute Gasteiger partial charge is 0.137 e. The first-order valence-corrected chi connectivity index (χ1v) is 6.33. The molecule has 1 aromatic carbocycles. The molecule has 0 aliphatic carbocycles. The van der Waals surface area contributed by atoms with Crippen molar-refractivity contribution in [2.45, 2.75) is 31.7 Å². The summed E-state index contributed by atoms with van der Waals surface area (Å²) in [5, 5.41) is 3.27. The number of hydrogen-bond donors (Lipinski definition) is 1. The van der Waals surface area contributed by atoms with Crippen LogP contribution in [-0.4, -0.2) is 12.3 Å². The largest absolute Gasteiger partial charge is 0.310 e. The third-order valence-electron chi connectivity index (χ3n) is 2.27. The summed E-state index contributed by atoms with van der Waals surface area (Å²) in [6.07, 6.45) is 0. The average Bonchev–Trinajstić information content (AvgIpc) is 2.21. The van der Waals surface area contributed by atoms with Gasteiger partial charge in [0.2, 0.25) is 0 Å². The van der Waals surface area contributed by atoms with Gasteiger partial charge in [-0.15, -0.1) is 11.8 Å². The molecule has 0 saturated carbocycles. The number of thioether (sulfide) groups is 1. The standard InChI is InChI=1S/C12H18FNS/c1-4-14-9(3)10-6-7-12(15-5-2)11(13)8-10/h6-9,14H,4-5H2,1-3H3.